The topological polar surface area (TPSA) is 237 Å². The summed E-state index contributed by atoms with van der Waals surface area (Å²) >= 11 is 0. The fraction of sp³-hybridized carbons (Fsp3) is 0.947. The molecule has 0 heterocycles. The summed E-state index contributed by atoms with van der Waals surface area (Å²) in [6, 6.07) is 0. The van der Waals surface area contributed by atoms with Crippen molar-refractivity contribution in [3.8, 4) is 0 Å². The van der Waals surface area contributed by atoms with Crippen molar-refractivity contribution in [1.29, 1.82) is 0 Å². The second-order valence-corrected chi connectivity index (χ2v) is 30.7. The fourth-order valence-corrected chi connectivity index (χ4v) is 13.0. The van der Waals surface area contributed by atoms with Crippen molar-refractivity contribution in [1.82, 2.24) is 0 Å². The maximum absolute atomic E-state index is 13.1. The molecule has 0 aromatic carbocycles. The highest BCUT2D eigenvalue weighted by Gasteiger charge is 2.30. The molecule has 0 fully saturated rings. The highest BCUT2D eigenvalue weighted by Crippen LogP contribution is 2.45. The van der Waals surface area contributed by atoms with E-state index in [2.05, 4.69) is 41.5 Å². The van der Waals surface area contributed by atoms with E-state index in [0.29, 0.717) is 25.7 Å². The third-order valence-corrected chi connectivity index (χ3v) is 19.7. The summed E-state index contributed by atoms with van der Waals surface area (Å²) in [5, 5.41) is 10.6. The molecule has 0 rings (SSSR count). The smallest absolute Gasteiger partial charge is 0.462 e. The molecule has 0 bridgehead atoms. The highest BCUT2D eigenvalue weighted by atomic mass is 31.2. The molecule has 17 nitrogen and oxygen atoms in total. The lowest BCUT2D eigenvalue weighted by Gasteiger charge is -2.21. The van der Waals surface area contributed by atoms with Crippen LogP contribution < -0.4 is 0 Å². The Morgan fingerprint density at radius 2 is 0.543 bits per heavy atom. The summed E-state index contributed by atoms with van der Waals surface area (Å²) in [6.07, 6.45) is 54.1. The van der Waals surface area contributed by atoms with Gasteiger partial charge in [0.25, 0.3) is 0 Å². The van der Waals surface area contributed by atoms with E-state index in [9.17, 15) is 43.2 Å². The van der Waals surface area contributed by atoms with E-state index in [1.165, 1.54) is 199 Å². The Balaban J connectivity index is 5.24. The monoisotopic (exact) mass is 1380 g/mol. The lowest BCUT2D eigenvalue weighted by molar-refractivity contribution is -0.161. The van der Waals surface area contributed by atoms with Gasteiger partial charge >= 0.3 is 39.5 Å². The number of phosphoric acid groups is 2. The highest BCUT2D eigenvalue weighted by molar-refractivity contribution is 7.47. The van der Waals surface area contributed by atoms with Crippen molar-refractivity contribution in [2.24, 2.45) is 11.8 Å². The first-order valence-corrected chi connectivity index (χ1v) is 42.0. The second kappa shape index (κ2) is 66.9. The average molecular weight is 1380 g/mol. The lowest BCUT2D eigenvalue weighted by Crippen LogP contribution is -2.30. The summed E-state index contributed by atoms with van der Waals surface area (Å²) in [6.45, 7) is 9.55. The van der Waals surface area contributed by atoms with E-state index in [0.717, 1.165) is 108 Å². The standard InChI is InChI=1S/C75H146O17P2/c1-7-10-12-14-16-18-20-22-23-24-25-26-28-30-36-40-48-54-60-74(79)91-70(63-85-72(77)57-51-45-38-34-32-31-33-37-43-49-55-67(4)5)65-89-93(81,82)87-61-69(76)62-88-94(83,84)90-66-71(64-86-73(78)58-52-46-42-41-44-50-56-68(6)9-3)92-75(80)59-53-47-39-35-29-27-21-19-17-15-13-11-8-2/h67-71,76H,7-66H2,1-6H3,(H,81,82)(H,83,84)/t68?,69-,70-,71-/m1/s1. The predicted octanol–water partition coefficient (Wildman–Crippen LogP) is 21.9. The Morgan fingerprint density at radius 3 is 0.809 bits per heavy atom. The number of phosphoric ester groups is 2. The number of hydrogen-bond donors (Lipinski definition) is 3. The number of hydrogen-bond acceptors (Lipinski definition) is 15. The van der Waals surface area contributed by atoms with Crippen LogP contribution >= 0.6 is 15.6 Å². The maximum atomic E-state index is 13.1. The number of aliphatic hydroxyl groups excluding tert-OH is 1. The van der Waals surface area contributed by atoms with Crippen LogP contribution in [0.2, 0.25) is 0 Å². The van der Waals surface area contributed by atoms with Gasteiger partial charge in [0.05, 0.1) is 26.4 Å². The van der Waals surface area contributed by atoms with Gasteiger partial charge in [0.2, 0.25) is 0 Å². The molecule has 0 aromatic heterocycles. The first-order valence-electron chi connectivity index (χ1n) is 39.0. The molecule has 3 unspecified atom stereocenters. The number of ether oxygens (including phenoxy) is 4. The number of aliphatic hydroxyl groups is 1. The molecule has 558 valence electrons. The zero-order chi connectivity index (χ0) is 69.3. The molecule has 0 aliphatic carbocycles. The number of esters is 4. The molecule has 0 saturated heterocycles. The van der Waals surface area contributed by atoms with Crippen LogP contribution in [0.1, 0.15) is 388 Å². The van der Waals surface area contributed by atoms with Crippen LogP contribution in [0.4, 0.5) is 0 Å². The predicted molar refractivity (Wildman–Crippen MR) is 381 cm³/mol. The molecule has 0 aliphatic rings. The van der Waals surface area contributed by atoms with Crippen LogP contribution in [-0.4, -0.2) is 96.7 Å². The SMILES string of the molecule is CCCCCCCCCCCCCCCCCCCCC(=O)O[C@H](COC(=O)CCCCCCCCCCCCC(C)C)COP(=O)(O)OC[C@@H](O)COP(=O)(O)OC[C@@H](COC(=O)CCCCCCCCC(C)CC)OC(=O)CCCCCCCCCCCCCCC. The van der Waals surface area contributed by atoms with Crippen molar-refractivity contribution in [2.45, 2.75) is 407 Å². The van der Waals surface area contributed by atoms with E-state index in [-0.39, 0.29) is 25.7 Å². The van der Waals surface area contributed by atoms with Gasteiger partial charge in [-0.3, -0.25) is 37.3 Å². The molecule has 94 heavy (non-hydrogen) atoms. The van der Waals surface area contributed by atoms with E-state index >= 15 is 0 Å². The molecule has 0 aromatic rings. The Kier molecular flexibility index (Phi) is 65.5. The van der Waals surface area contributed by atoms with Crippen molar-refractivity contribution in [3.63, 3.8) is 0 Å². The van der Waals surface area contributed by atoms with Crippen LogP contribution in [0.15, 0.2) is 0 Å². The molecule has 19 heteroatoms. The van der Waals surface area contributed by atoms with E-state index in [1.54, 1.807) is 0 Å². The molecule has 0 amide bonds. The molecule has 0 spiro atoms. The third-order valence-electron chi connectivity index (χ3n) is 17.8. The van der Waals surface area contributed by atoms with Crippen molar-refractivity contribution >= 4 is 39.5 Å². The summed E-state index contributed by atoms with van der Waals surface area (Å²) in [7, 11) is -9.91. The third kappa shape index (κ3) is 67.3. The Bertz CT molecular complexity index is 1820. The number of unbranched alkanes of at least 4 members (excludes halogenated alkanes) is 43. The number of carbonyl (C=O) groups excluding carboxylic acids is 4. The molecule has 0 aliphatic heterocycles. The lowest BCUT2D eigenvalue weighted by atomic mass is 10.00. The normalized spacial score (nSPS) is 14.3. The van der Waals surface area contributed by atoms with Gasteiger partial charge in [0.15, 0.2) is 12.2 Å². The van der Waals surface area contributed by atoms with Crippen LogP contribution in [0.5, 0.6) is 0 Å². The Morgan fingerprint density at radius 1 is 0.309 bits per heavy atom. The van der Waals surface area contributed by atoms with Gasteiger partial charge in [-0.1, -0.05) is 337 Å². The van der Waals surface area contributed by atoms with Crippen LogP contribution in [0, 0.1) is 11.8 Å². The van der Waals surface area contributed by atoms with Gasteiger partial charge in [-0.2, -0.15) is 0 Å². The zero-order valence-electron chi connectivity index (χ0n) is 61.3. The molecular formula is C75H146O17P2. The number of rotatable bonds is 74. The zero-order valence-corrected chi connectivity index (χ0v) is 63.1. The van der Waals surface area contributed by atoms with Crippen LogP contribution in [0.3, 0.4) is 0 Å². The second-order valence-electron chi connectivity index (χ2n) is 27.8. The maximum Gasteiger partial charge on any atom is 0.472 e. The van der Waals surface area contributed by atoms with Gasteiger partial charge in [0.1, 0.15) is 19.3 Å². The minimum atomic E-state index is -4.96. The van der Waals surface area contributed by atoms with Crippen molar-refractivity contribution in [2.75, 3.05) is 39.6 Å². The molecule has 6 atom stereocenters. The quantitative estimate of drug-likeness (QED) is 0.0222. The molecular weight excluding hydrogens is 1230 g/mol. The molecule has 0 radical (unpaired) electrons. The summed E-state index contributed by atoms with van der Waals surface area (Å²) in [4.78, 5) is 72.8. The van der Waals surface area contributed by atoms with Gasteiger partial charge < -0.3 is 33.8 Å². The minimum Gasteiger partial charge on any atom is -0.462 e. The van der Waals surface area contributed by atoms with Crippen molar-refractivity contribution in [3.05, 3.63) is 0 Å². The van der Waals surface area contributed by atoms with Gasteiger partial charge in [0, 0.05) is 25.7 Å². The summed E-state index contributed by atoms with van der Waals surface area (Å²) in [5.41, 5.74) is 0. The molecule has 3 N–H and O–H groups in total. The Hall–Kier alpha value is -1.94. The largest absolute Gasteiger partial charge is 0.472 e. The van der Waals surface area contributed by atoms with Gasteiger partial charge in [-0.25, -0.2) is 9.13 Å². The fourth-order valence-electron chi connectivity index (χ4n) is 11.4. The number of carbonyl (C=O) groups is 4. The minimum absolute atomic E-state index is 0.107. The first kappa shape index (κ1) is 92.1. The van der Waals surface area contributed by atoms with Gasteiger partial charge in [-0.05, 0) is 37.5 Å². The van der Waals surface area contributed by atoms with Crippen molar-refractivity contribution < 1.29 is 80.2 Å². The summed E-state index contributed by atoms with van der Waals surface area (Å²) < 4.78 is 68.5. The van der Waals surface area contributed by atoms with Crippen LogP contribution in [0.25, 0.3) is 0 Å². The van der Waals surface area contributed by atoms with Crippen LogP contribution in [-0.2, 0) is 65.4 Å². The average Bonchev–Trinajstić information content (AvgIpc) is 1.50. The van der Waals surface area contributed by atoms with E-state index in [4.69, 9.17) is 37.0 Å². The molecule has 0 saturated carbocycles. The van der Waals surface area contributed by atoms with E-state index < -0.39 is 97.5 Å². The first-order chi connectivity index (χ1) is 45.4. The summed E-state index contributed by atoms with van der Waals surface area (Å²) in [5.74, 6) is -0.627. The van der Waals surface area contributed by atoms with Gasteiger partial charge in [-0.15, -0.1) is 0 Å². The van der Waals surface area contributed by atoms with E-state index in [1.807, 2.05) is 0 Å². The Labute approximate surface area is 575 Å².